The number of nitrogens with zero attached hydrogens (tertiary/aromatic N) is 3. The van der Waals surface area contributed by atoms with Gasteiger partial charge in [0, 0.05) is 25.1 Å². The maximum absolute atomic E-state index is 13.1. The molecule has 0 radical (unpaired) electrons. The number of aliphatic hydroxyl groups is 3. The van der Waals surface area contributed by atoms with Crippen LogP contribution < -0.4 is 11.2 Å². The van der Waals surface area contributed by atoms with Gasteiger partial charge in [-0.25, -0.2) is 4.79 Å². The second-order valence-corrected chi connectivity index (χ2v) is 8.10. The van der Waals surface area contributed by atoms with E-state index in [0.29, 0.717) is 5.56 Å². The Hall–Kier alpha value is -3.32. The quantitative estimate of drug-likeness (QED) is 0.470. The molecule has 4 rings (SSSR count). The summed E-state index contributed by atoms with van der Waals surface area (Å²) in [5, 5.41) is 29.6. The van der Waals surface area contributed by atoms with E-state index < -0.39 is 47.5 Å². The average molecular weight is 493 g/mol. The fraction of sp³-hybridized carbons (Fsp3) is 0.348. The highest BCUT2D eigenvalue weighted by Crippen LogP contribution is 2.32. The van der Waals surface area contributed by atoms with Gasteiger partial charge >= 0.3 is 11.9 Å². The van der Waals surface area contributed by atoms with Gasteiger partial charge in [-0.2, -0.15) is 13.2 Å². The number of rotatable bonds is 6. The lowest BCUT2D eigenvalue weighted by Crippen LogP contribution is -2.43. The van der Waals surface area contributed by atoms with Gasteiger partial charge in [-0.05, 0) is 41.8 Å². The Morgan fingerprint density at radius 1 is 1.03 bits per heavy atom. The Balaban J connectivity index is 1.65. The van der Waals surface area contributed by atoms with Gasteiger partial charge in [0.1, 0.15) is 12.2 Å². The second kappa shape index (κ2) is 9.74. The SMILES string of the molecule is O=c1ccn(C2OC(CCO)C(O)C2O)c(=O)n1Cc1cc(-c2cccc(C(F)(F)F)c2)ccn1. The first kappa shape index (κ1) is 24.8. The zero-order valence-electron chi connectivity index (χ0n) is 18.2. The number of ether oxygens (including phenoxy) is 1. The largest absolute Gasteiger partial charge is 0.416 e. The summed E-state index contributed by atoms with van der Waals surface area (Å²) in [6.07, 6.45) is -6.99. The maximum Gasteiger partial charge on any atom is 0.416 e. The van der Waals surface area contributed by atoms with Crippen LogP contribution in [-0.4, -0.2) is 54.4 Å². The zero-order valence-corrected chi connectivity index (χ0v) is 18.2. The molecule has 3 aromatic rings. The van der Waals surface area contributed by atoms with Crippen molar-refractivity contribution in [2.75, 3.05) is 6.61 Å². The molecule has 0 amide bonds. The highest BCUT2D eigenvalue weighted by atomic mass is 19.4. The summed E-state index contributed by atoms with van der Waals surface area (Å²) >= 11 is 0. The Morgan fingerprint density at radius 2 is 1.77 bits per heavy atom. The van der Waals surface area contributed by atoms with Crippen molar-refractivity contribution >= 4 is 0 Å². The number of hydrogen-bond acceptors (Lipinski definition) is 7. The molecule has 1 aromatic carbocycles. The number of aliphatic hydroxyl groups excluding tert-OH is 3. The van der Waals surface area contributed by atoms with E-state index in [4.69, 9.17) is 9.84 Å². The van der Waals surface area contributed by atoms with Crippen molar-refractivity contribution in [3.05, 3.63) is 87.0 Å². The van der Waals surface area contributed by atoms with Crippen molar-refractivity contribution in [1.29, 1.82) is 0 Å². The summed E-state index contributed by atoms with van der Waals surface area (Å²) in [7, 11) is 0. The first-order valence-electron chi connectivity index (χ1n) is 10.7. The molecular weight excluding hydrogens is 471 g/mol. The summed E-state index contributed by atoms with van der Waals surface area (Å²) in [6, 6.07) is 8.80. The molecule has 4 atom stereocenters. The molecule has 9 nitrogen and oxygen atoms in total. The van der Waals surface area contributed by atoms with Crippen LogP contribution in [-0.2, 0) is 17.5 Å². The molecule has 3 heterocycles. The van der Waals surface area contributed by atoms with Gasteiger partial charge in [0.05, 0.1) is 23.9 Å². The first-order chi connectivity index (χ1) is 16.6. The van der Waals surface area contributed by atoms with Crippen LogP contribution in [0.3, 0.4) is 0 Å². The third-order valence-corrected chi connectivity index (χ3v) is 5.78. The maximum atomic E-state index is 13.1. The van der Waals surface area contributed by atoms with Crippen molar-refractivity contribution in [1.82, 2.24) is 14.1 Å². The van der Waals surface area contributed by atoms with Gasteiger partial charge in [-0.15, -0.1) is 0 Å². The van der Waals surface area contributed by atoms with E-state index in [1.165, 1.54) is 30.5 Å². The lowest BCUT2D eigenvalue weighted by molar-refractivity contribution is -0.137. The van der Waals surface area contributed by atoms with Gasteiger partial charge in [-0.3, -0.25) is 18.9 Å². The number of alkyl halides is 3. The Bertz CT molecular complexity index is 1320. The van der Waals surface area contributed by atoms with Crippen molar-refractivity contribution in [3.63, 3.8) is 0 Å². The van der Waals surface area contributed by atoms with Crippen molar-refractivity contribution in [2.45, 2.75) is 43.7 Å². The van der Waals surface area contributed by atoms with E-state index in [0.717, 1.165) is 33.5 Å². The third-order valence-electron chi connectivity index (χ3n) is 5.78. The minimum absolute atomic E-state index is 0.0371. The van der Waals surface area contributed by atoms with E-state index in [-0.39, 0.29) is 30.8 Å². The zero-order chi connectivity index (χ0) is 25.3. The Morgan fingerprint density at radius 3 is 2.49 bits per heavy atom. The molecular formula is C23H22F3N3O6. The summed E-state index contributed by atoms with van der Waals surface area (Å²) in [5.74, 6) is 0. The number of halogens is 3. The van der Waals surface area contributed by atoms with E-state index in [1.54, 1.807) is 0 Å². The molecule has 2 aromatic heterocycles. The van der Waals surface area contributed by atoms with Crippen LogP contribution in [0.1, 0.15) is 23.9 Å². The normalized spacial score (nSPS) is 22.5. The van der Waals surface area contributed by atoms with Gasteiger partial charge in [-0.1, -0.05) is 12.1 Å². The molecule has 1 aliphatic rings. The van der Waals surface area contributed by atoms with Gasteiger partial charge in [0.15, 0.2) is 6.23 Å². The lowest BCUT2D eigenvalue weighted by Gasteiger charge is -2.18. The second-order valence-electron chi connectivity index (χ2n) is 8.10. The van der Waals surface area contributed by atoms with Crippen LogP contribution >= 0.6 is 0 Å². The van der Waals surface area contributed by atoms with E-state index in [2.05, 4.69) is 4.98 Å². The van der Waals surface area contributed by atoms with Crippen LogP contribution in [0.4, 0.5) is 13.2 Å². The molecule has 186 valence electrons. The topological polar surface area (TPSA) is 127 Å². The predicted molar refractivity (Wildman–Crippen MR) is 116 cm³/mol. The number of aromatic nitrogens is 3. The Labute approximate surface area is 196 Å². The average Bonchev–Trinajstić information content (AvgIpc) is 3.10. The minimum atomic E-state index is -4.51. The summed E-state index contributed by atoms with van der Waals surface area (Å²) in [6.45, 7) is -0.597. The number of hydrogen-bond donors (Lipinski definition) is 3. The molecule has 1 aliphatic heterocycles. The van der Waals surface area contributed by atoms with Crippen LogP contribution in [0.5, 0.6) is 0 Å². The molecule has 0 spiro atoms. The fourth-order valence-corrected chi connectivity index (χ4v) is 3.98. The van der Waals surface area contributed by atoms with Crippen LogP contribution in [0, 0.1) is 0 Å². The first-order valence-corrected chi connectivity index (χ1v) is 10.7. The molecule has 0 saturated carbocycles. The lowest BCUT2D eigenvalue weighted by atomic mass is 10.0. The molecule has 35 heavy (non-hydrogen) atoms. The summed E-state index contributed by atoms with van der Waals surface area (Å²) in [5.41, 5.74) is -1.39. The fourth-order valence-electron chi connectivity index (χ4n) is 3.98. The van der Waals surface area contributed by atoms with Gasteiger partial charge in [0.2, 0.25) is 0 Å². The molecule has 4 unspecified atom stereocenters. The van der Waals surface area contributed by atoms with Crippen molar-refractivity contribution in [2.24, 2.45) is 0 Å². The molecule has 0 aliphatic carbocycles. The highest BCUT2D eigenvalue weighted by Gasteiger charge is 2.43. The molecule has 0 bridgehead atoms. The van der Waals surface area contributed by atoms with E-state index in [9.17, 15) is 33.0 Å². The molecule has 1 saturated heterocycles. The smallest absolute Gasteiger partial charge is 0.396 e. The molecule has 1 fully saturated rings. The van der Waals surface area contributed by atoms with Crippen molar-refractivity contribution < 1.29 is 33.2 Å². The van der Waals surface area contributed by atoms with Crippen molar-refractivity contribution in [3.8, 4) is 11.1 Å². The van der Waals surface area contributed by atoms with Gasteiger partial charge < -0.3 is 20.1 Å². The van der Waals surface area contributed by atoms with Crippen LogP contribution in [0.2, 0.25) is 0 Å². The Kier molecular flexibility index (Phi) is 6.90. The summed E-state index contributed by atoms with van der Waals surface area (Å²) < 4.78 is 46.6. The molecule has 3 N–H and O–H groups in total. The minimum Gasteiger partial charge on any atom is -0.396 e. The number of benzene rings is 1. The van der Waals surface area contributed by atoms with E-state index in [1.807, 2.05) is 0 Å². The van der Waals surface area contributed by atoms with Gasteiger partial charge in [0.25, 0.3) is 5.56 Å². The monoisotopic (exact) mass is 493 g/mol. The standard InChI is InChI=1S/C23H22F3N3O6/c24-23(25,26)15-3-1-2-13(10-15)14-4-7-27-16(11-14)12-29-18(31)5-8-28(22(29)34)21-20(33)19(32)17(35-21)6-9-30/h1-5,7-8,10-11,17,19-21,30,32-33H,6,9,12H2. The number of pyridine rings is 1. The third kappa shape index (κ3) is 5.05. The van der Waals surface area contributed by atoms with Crippen LogP contribution in [0.25, 0.3) is 11.1 Å². The predicted octanol–water partition coefficient (Wildman–Crippen LogP) is 1.14. The molecule has 12 heteroatoms. The highest BCUT2D eigenvalue weighted by molar-refractivity contribution is 5.64. The van der Waals surface area contributed by atoms with E-state index >= 15 is 0 Å². The van der Waals surface area contributed by atoms with Crippen LogP contribution in [0.15, 0.2) is 64.4 Å². The summed E-state index contributed by atoms with van der Waals surface area (Å²) in [4.78, 5) is 29.6.